The Hall–Kier alpha value is -1.34. The third-order valence-electron chi connectivity index (χ3n) is 6.06. The van der Waals surface area contributed by atoms with Crippen LogP contribution in [0.3, 0.4) is 0 Å². The van der Waals surface area contributed by atoms with Crippen LogP contribution < -0.4 is 5.32 Å². The van der Waals surface area contributed by atoms with Crippen molar-refractivity contribution in [2.24, 2.45) is 10.9 Å². The zero-order valence-corrected chi connectivity index (χ0v) is 17.0. The zero-order valence-electron chi connectivity index (χ0n) is 17.0. The SMILES string of the molecule is CN=C(NCCOC1CCCCC1C)N1CCN(C(=O)C2CCCO2)CC1. The second-order valence-electron chi connectivity index (χ2n) is 7.96. The van der Waals surface area contributed by atoms with Crippen LogP contribution in [0.25, 0.3) is 0 Å². The van der Waals surface area contributed by atoms with Gasteiger partial charge in [0.05, 0.1) is 12.7 Å². The standard InChI is InChI=1S/C20H36N4O3/c1-16-6-3-4-7-17(16)27-15-9-22-20(21-2)24-12-10-23(11-13-24)19(25)18-8-5-14-26-18/h16-18H,3-15H2,1-2H3,(H,21,22). The summed E-state index contributed by atoms with van der Waals surface area (Å²) in [7, 11) is 1.82. The predicted molar refractivity (Wildman–Crippen MR) is 106 cm³/mol. The summed E-state index contributed by atoms with van der Waals surface area (Å²) in [6, 6.07) is 0. The van der Waals surface area contributed by atoms with Gasteiger partial charge in [-0.25, -0.2) is 0 Å². The van der Waals surface area contributed by atoms with Crippen molar-refractivity contribution in [2.45, 2.75) is 57.7 Å². The number of amides is 1. The van der Waals surface area contributed by atoms with Gasteiger partial charge in [0.1, 0.15) is 6.10 Å². The number of hydrogen-bond donors (Lipinski definition) is 1. The normalized spacial score (nSPS) is 29.9. The summed E-state index contributed by atoms with van der Waals surface area (Å²) in [5, 5.41) is 3.42. The lowest BCUT2D eigenvalue weighted by atomic mass is 9.88. The molecule has 0 spiro atoms. The van der Waals surface area contributed by atoms with Crippen LogP contribution in [0, 0.1) is 5.92 Å². The van der Waals surface area contributed by atoms with E-state index in [9.17, 15) is 4.79 Å². The van der Waals surface area contributed by atoms with Gasteiger partial charge in [-0.2, -0.15) is 0 Å². The Kier molecular flexibility index (Phi) is 7.76. The largest absolute Gasteiger partial charge is 0.376 e. The summed E-state index contributed by atoms with van der Waals surface area (Å²) >= 11 is 0. The summed E-state index contributed by atoms with van der Waals surface area (Å²) in [5.41, 5.74) is 0. The van der Waals surface area contributed by atoms with Gasteiger partial charge in [0.2, 0.25) is 0 Å². The third-order valence-corrected chi connectivity index (χ3v) is 6.06. The minimum Gasteiger partial charge on any atom is -0.376 e. The molecule has 3 atom stereocenters. The molecule has 0 aromatic carbocycles. The molecule has 3 unspecified atom stereocenters. The van der Waals surface area contributed by atoms with Crippen LogP contribution in [0.5, 0.6) is 0 Å². The lowest BCUT2D eigenvalue weighted by Crippen LogP contribution is -2.55. The second kappa shape index (κ2) is 10.3. The summed E-state index contributed by atoms with van der Waals surface area (Å²) in [6.45, 7) is 7.57. The summed E-state index contributed by atoms with van der Waals surface area (Å²) in [4.78, 5) is 21.0. The average Bonchev–Trinajstić information content (AvgIpc) is 3.24. The number of carbonyl (C=O) groups is 1. The van der Waals surface area contributed by atoms with Gasteiger partial charge in [-0.15, -0.1) is 0 Å². The van der Waals surface area contributed by atoms with Gasteiger partial charge in [0, 0.05) is 46.4 Å². The molecule has 1 amide bonds. The molecular formula is C20H36N4O3. The number of hydrogen-bond acceptors (Lipinski definition) is 4. The first kappa shape index (κ1) is 20.4. The Morgan fingerprint density at radius 1 is 1.11 bits per heavy atom. The predicted octanol–water partition coefficient (Wildman–Crippen LogP) is 1.48. The fourth-order valence-corrected chi connectivity index (χ4v) is 4.35. The van der Waals surface area contributed by atoms with Gasteiger partial charge in [-0.3, -0.25) is 9.79 Å². The van der Waals surface area contributed by atoms with Crippen molar-refractivity contribution in [3.05, 3.63) is 0 Å². The van der Waals surface area contributed by atoms with E-state index in [4.69, 9.17) is 9.47 Å². The van der Waals surface area contributed by atoms with Crippen molar-refractivity contribution < 1.29 is 14.3 Å². The fourth-order valence-electron chi connectivity index (χ4n) is 4.35. The smallest absolute Gasteiger partial charge is 0.251 e. The number of ether oxygens (including phenoxy) is 2. The van der Waals surface area contributed by atoms with E-state index in [0.717, 1.165) is 51.5 Å². The highest BCUT2D eigenvalue weighted by Gasteiger charge is 2.31. The van der Waals surface area contributed by atoms with Gasteiger partial charge >= 0.3 is 0 Å². The van der Waals surface area contributed by atoms with Crippen LogP contribution in [0.15, 0.2) is 4.99 Å². The Morgan fingerprint density at radius 3 is 2.52 bits per heavy atom. The van der Waals surface area contributed by atoms with Crippen molar-refractivity contribution in [1.29, 1.82) is 0 Å². The van der Waals surface area contributed by atoms with Crippen LogP contribution in [-0.4, -0.2) is 86.9 Å². The molecule has 3 aliphatic rings. The molecule has 3 rings (SSSR count). The second-order valence-corrected chi connectivity index (χ2v) is 7.96. The summed E-state index contributed by atoms with van der Waals surface area (Å²) < 4.78 is 11.6. The van der Waals surface area contributed by atoms with Crippen molar-refractivity contribution in [3.8, 4) is 0 Å². The molecule has 7 heteroatoms. The molecule has 27 heavy (non-hydrogen) atoms. The van der Waals surface area contributed by atoms with E-state index >= 15 is 0 Å². The maximum absolute atomic E-state index is 12.5. The van der Waals surface area contributed by atoms with Crippen molar-refractivity contribution in [1.82, 2.24) is 15.1 Å². The fraction of sp³-hybridized carbons (Fsp3) is 0.900. The molecule has 2 aliphatic heterocycles. The average molecular weight is 381 g/mol. The number of guanidine groups is 1. The molecule has 1 aliphatic carbocycles. The first-order valence-electron chi connectivity index (χ1n) is 10.7. The van der Waals surface area contributed by atoms with Gasteiger partial charge in [-0.05, 0) is 31.6 Å². The van der Waals surface area contributed by atoms with E-state index < -0.39 is 0 Å². The van der Waals surface area contributed by atoms with Crippen LogP contribution in [0.2, 0.25) is 0 Å². The van der Waals surface area contributed by atoms with Crippen molar-refractivity contribution >= 4 is 11.9 Å². The Balaban J connectivity index is 1.35. The summed E-state index contributed by atoms with van der Waals surface area (Å²) in [5.74, 6) is 1.73. The molecular weight excluding hydrogens is 344 g/mol. The van der Waals surface area contributed by atoms with E-state index in [1.807, 2.05) is 11.9 Å². The van der Waals surface area contributed by atoms with E-state index in [-0.39, 0.29) is 12.0 Å². The van der Waals surface area contributed by atoms with Gasteiger partial charge in [0.25, 0.3) is 5.91 Å². The first-order chi connectivity index (χ1) is 13.2. The highest BCUT2D eigenvalue weighted by atomic mass is 16.5. The van der Waals surface area contributed by atoms with Gasteiger partial charge < -0.3 is 24.6 Å². The highest BCUT2D eigenvalue weighted by molar-refractivity contribution is 5.82. The first-order valence-corrected chi connectivity index (χ1v) is 10.7. The Bertz CT molecular complexity index is 499. The molecule has 2 saturated heterocycles. The number of aliphatic imine (C=N–C) groups is 1. The molecule has 2 heterocycles. The van der Waals surface area contributed by atoms with Gasteiger partial charge in [0.15, 0.2) is 5.96 Å². The number of nitrogens with one attached hydrogen (secondary N) is 1. The molecule has 0 aromatic heterocycles. The Labute approximate surface area is 163 Å². The molecule has 0 radical (unpaired) electrons. The molecule has 154 valence electrons. The monoisotopic (exact) mass is 380 g/mol. The highest BCUT2D eigenvalue weighted by Crippen LogP contribution is 2.26. The summed E-state index contributed by atoms with van der Waals surface area (Å²) in [6.07, 6.45) is 7.16. The van der Waals surface area contributed by atoms with Crippen LogP contribution in [-0.2, 0) is 14.3 Å². The van der Waals surface area contributed by atoms with E-state index in [1.165, 1.54) is 25.7 Å². The maximum Gasteiger partial charge on any atom is 0.251 e. The van der Waals surface area contributed by atoms with E-state index in [0.29, 0.717) is 25.2 Å². The minimum atomic E-state index is -0.215. The van der Waals surface area contributed by atoms with Crippen molar-refractivity contribution in [3.63, 3.8) is 0 Å². The number of piperazine rings is 1. The van der Waals surface area contributed by atoms with Crippen molar-refractivity contribution in [2.75, 3.05) is 53.0 Å². The zero-order chi connectivity index (χ0) is 19.1. The molecule has 7 nitrogen and oxygen atoms in total. The molecule has 0 bridgehead atoms. The van der Waals surface area contributed by atoms with E-state index in [1.54, 1.807) is 0 Å². The maximum atomic E-state index is 12.5. The number of rotatable bonds is 5. The van der Waals surface area contributed by atoms with Crippen LogP contribution in [0.1, 0.15) is 45.4 Å². The molecule has 1 saturated carbocycles. The van der Waals surface area contributed by atoms with Crippen LogP contribution >= 0.6 is 0 Å². The lowest BCUT2D eigenvalue weighted by Gasteiger charge is -2.37. The number of carbonyl (C=O) groups excluding carboxylic acids is 1. The topological polar surface area (TPSA) is 66.4 Å². The quantitative estimate of drug-likeness (QED) is 0.445. The minimum absolute atomic E-state index is 0.157. The Morgan fingerprint density at radius 2 is 1.85 bits per heavy atom. The molecule has 0 aromatic rings. The van der Waals surface area contributed by atoms with E-state index in [2.05, 4.69) is 22.1 Å². The van der Waals surface area contributed by atoms with Gasteiger partial charge in [-0.1, -0.05) is 19.8 Å². The third kappa shape index (κ3) is 5.57. The lowest BCUT2D eigenvalue weighted by molar-refractivity contribution is -0.142. The molecule has 3 fully saturated rings. The number of nitrogens with zero attached hydrogens (tertiary/aromatic N) is 3. The molecule has 1 N–H and O–H groups in total. The van der Waals surface area contributed by atoms with Crippen LogP contribution in [0.4, 0.5) is 0 Å².